The predicted molar refractivity (Wildman–Crippen MR) is 206 cm³/mol. The monoisotopic (exact) mass is 730 g/mol. The number of fused-ring (bicyclic) bond motifs is 4. The number of phenols is 1. The van der Waals surface area contributed by atoms with Gasteiger partial charge in [-0.25, -0.2) is 4.79 Å². The molecule has 0 aliphatic carbocycles. The number of rotatable bonds is 18. The lowest BCUT2D eigenvalue weighted by molar-refractivity contribution is 0.0358. The fraction of sp³-hybridized carbons (Fsp3) is 0.463. The highest BCUT2D eigenvalue weighted by Crippen LogP contribution is 2.45. The highest BCUT2D eigenvalue weighted by molar-refractivity contribution is 6.30. The normalized spacial score (nSPS) is 19.4. The SMILES string of the molecule is O=C(O)N(c1cccc(Cl)c1)[C@@H](c1cccc(OCCCCCCCCCNC[C@H](O)c2ccc(O)c3[nH]c(=O)ccc23)c1)C1CN2CCC1CC2. The van der Waals surface area contributed by atoms with Crippen LogP contribution in [0.4, 0.5) is 10.5 Å². The van der Waals surface area contributed by atoms with Crippen LogP contribution in [0, 0.1) is 11.8 Å². The zero-order chi connectivity index (χ0) is 36.5. The molecule has 0 saturated carbocycles. The third-order valence-corrected chi connectivity index (χ3v) is 11.0. The highest BCUT2D eigenvalue weighted by Gasteiger charge is 2.43. The molecule has 4 heterocycles. The number of aromatic amines is 1. The number of benzene rings is 3. The number of ether oxygens (including phenoxy) is 1. The summed E-state index contributed by atoms with van der Waals surface area (Å²) >= 11 is 6.33. The van der Waals surface area contributed by atoms with Crippen molar-refractivity contribution in [1.29, 1.82) is 0 Å². The maximum absolute atomic E-state index is 12.9. The van der Waals surface area contributed by atoms with Gasteiger partial charge in [0, 0.05) is 35.3 Å². The molecular weight excluding hydrogens is 680 g/mol. The van der Waals surface area contributed by atoms with Gasteiger partial charge in [0.05, 0.1) is 24.3 Å². The number of amides is 1. The summed E-state index contributed by atoms with van der Waals surface area (Å²) < 4.78 is 6.21. The van der Waals surface area contributed by atoms with Crippen molar-refractivity contribution in [2.24, 2.45) is 11.8 Å². The van der Waals surface area contributed by atoms with Crippen molar-refractivity contribution in [2.75, 3.05) is 44.2 Å². The second-order valence-corrected chi connectivity index (χ2v) is 14.7. The maximum Gasteiger partial charge on any atom is 0.412 e. The molecule has 10 nitrogen and oxygen atoms in total. The minimum absolute atomic E-state index is 0.0146. The molecule has 3 aliphatic rings. The fourth-order valence-corrected chi connectivity index (χ4v) is 8.27. The number of aliphatic hydroxyl groups is 1. The molecule has 2 bridgehead atoms. The average molecular weight is 731 g/mol. The smallest absolute Gasteiger partial charge is 0.412 e. The van der Waals surface area contributed by atoms with Crippen molar-refractivity contribution in [2.45, 2.75) is 69.9 Å². The predicted octanol–water partition coefficient (Wildman–Crippen LogP) is 7.89. The third-order valence-electron chi connectivity index (χ3n) is 10.8. The number of halogens is 1. The number of unbranched alkanes of at least 4 members (excludes halogenated alkanes) is 6. The number of aliphatic hydroxyl groups excluding tert-OH is 1. The molecule has 4 aromatic rings. The Morgan fingerprint density at radius 2 is 1.71 bits per heavy atom. The van der Waals surface area contributed by atoms with Gasteiger partial charge < -0.3 is 35.3 Å². The number of H-pyrrole nitrogens is 1. The zero-order valence-electron chi connectivity index (χ0n) is 29.7. The Balaban J connectivity index is 0.918. The number of hydrogen-bond donors (Lipinski definition) is 5. The quantitative estimate of drug-likeness (QED) is 0.0652. The molecule has 3 aromatic carbocycles. The van der Waals surface area contributed by atoms with Gasteiger partial charge >= 0.3 is 6.09 Å². The fourth-order valence-electron chi connectivity index (χ4n) is 8.08. The molecule has 0 spiro atoms. The van der Waals surface area contributed by atoms with Gasteiger partial charge in [0.2, 0.25) is 5.56 Å². The van der Waals surface area contributed by atoms with E-state index in [0.717, 1.165) is 95.3 Å². The van der Waals surface area contributed by atoms with Crippen molar-refractivity contribution < 1.29 is 24.9 Å². The molecule has 11 heteroatoms. The van der Waals surface area contributed by atoms with Gasteiger partial charge in [-0.3, -0.25) is 9.69 Å². The number of carboxylic acid groups (broad SMARTS) is 1. The number of carbonyl (C=O) groups is 1. The number of nitrogens with one attached hydrogen (secondary N) is 2. The lowest BCUT2D eigenvalue weighted by Gasteiger charge is -2.49. The van der Waals surface area contributed by atoms with Crippen LogP contribution in [0.5, 0.6) is 11.5 Å². The minimum atomic E-state index is -0.982. The van der Waals surface area contributed by atoms with Crippen LogP contribution >= 0.6 is 11.6 Å². The average Bonchev–Trinajstić information content (AvgIpc) is 3.15. The molecule has 278 valence electrons. The molecule has 0 radical (unpaired) electrons. The van der Waals surface area contributed by atoms with Crippen molar-refractivity contribution in [3.63, 3.8) is 0 Å². The van der Waals surface area contributed by atoms with Gasteiger partial charge in [-0.1, -0.05) is 68.0 Å². The second kappa shape index (κ2) is 18.1. The Kier molecular flexibility index (Phi) is 13.1. The molecular formula is C41H51ClN4O6. The van der Waals surface area contributed by atoms with E-state index in [9.17, 15) is 24.9 Å². The molecule has 1 aromatic heterocycles. The maximum atomic E-state index is 12.9. The van der Waals surface area contributed by atoms with E-state index in [0.29, 0.717) is 46.2 Å². The first-order chi connectivity index (χ1) is 25.3. The van der Waals surface area contributed by atoms with Crippen molar-refractivity contribution in [1.82, 2.24) is 15.2 Å². The van der Waals surface area contributed by atoms with Gasteiger partial charge in [0.1, 0.15) is 11.5 Å². The summed E-state index contributed by atoms with van der Waals surface area (Å²) in [7, 11) is 0. The first kappa shape index (κ1) is 37.7. The number of hydrogen-bond acceptors (Lipinski definition) is 7. The number of anilines is 1. The Bertz CT molecular complexity index is 1840. The summed E-state index contributed by atoms with van der Waals surface area (Å²) in [6.07, 6.45) is 8.06. The molecule has 3 atom stereocenters. The molecule has 7 rings (SSSR count). The lowest BCUT2D eigenvalue weighted by Crippen LogP contribution is -2.53. The van der Waals surface area contributed by atoms with Gasteiger partial charge in [0.25, 0.3) is 0 Å². The van der Waals surface area contributed by atoms with Gasteiger partial charge in [-0.2, -0.15) is 0 Å². The summed E-state index contributed by atoms with van der Waals surface area (Å²) in [6.45, 7) is 4.85. The number of pyridine rings is 1. The van der Waals surface area contributed by atoms with Gasteiger partial charge in [-0.15, -0.1) is 0 Å². The van der Waals surface area contributed by atoms with Crippen LogP contribution in [0.2, 0.25) is 5.02 Å². The summed E-state index contributed by atoms with van der Waals surface area (Å²) in [5.74, 6) is 1.40. The Morgan fingerprint density at radius 1 is 0.962 bits per heavy atom. The largest absolute Gasteiger partial charge is 0.506 e. The molecule has 1 unspecified atom stereocenters. The molecule has 3 saturated heterocycles. The Morgan fingerprint density at radius 3 is 2.44 bits per heavy atom. The van der Waals surface area contributed by atoms with Crippen LogP contribution in [0.15, 0.2) is 77.6 Å². The van der Waals surface area contributed by atoms with E-state index in [-0.39, 0.29) is 23.3 Å². The number of aromatic nitrogens is 1. The van der Waals surface area contributed by atoms with Gasteiger partial charge in [0.15, 0.2) is 0 Å². The standard InChI is InChI=1S/C41H51ClN4O6/c42-30-11-9-12-31(25-30)46(41(50)51)40(35-27-45-21-18-28(35)19-22-45)29-10-8-13-32(24-29)52-23-7-5-3-1-2-4-6-20-43-26-37(48)33-14-16-36(47)39-34(33)15-17-38(49)44-39/h8-17,24-25,28,35,37,40,43,47-48H,1-7,18-23,26-27H2,(H,44,49)(H,50,51)/t35?,37-,40-/m0/s1. The van der Waals surface area contributed by atoms with E-state index >= 15 is 0 Å². The van der Waals surface area contributed by atoms with Crippen molar-refractivity contribution >= 4 is 34.3 Å². The summed E-state index contributed by atoms with van der Waals surface area (Å²) in [6, 6.07) is 21.0. The summed E-state index contributed by atoms with van der Waals surface area (Å²) in [5.41, 5.74) is 2.25. The van der Waals surface area contributed by atoms with E-state index in [1.165, 1.54) is 17.0 Å². The van der Waals surface area contributed by atoms with E-state index < -0.39 is 12.2 Å². The van der Waals surface area contributed by atoms with E-state index in [4.69, 9.17) is 16.3 Å². The van der Waals surface area contributed by atoms with Crippen LogP contribution < -0.4 is 20.5 Å². The first-order valence-corrected chi connectivity index (χ1v) is 19.1. The van der Waals surface area contributed by atoms with Crippen LogP contribution in [-0.2, 0) is 0 Å². The van der Waals surface area contributed by atoms with Crippen LogP contribution in [0.25, 0.3) is 10.9 Å². The first-order valence-electron chi connectivity index (χ1n) is 18.7. The van der Waals surface area contributed by atoms with E-state index in [1.807, 2.05) is 30.3 Å². The van der Waals surface area contributed by atoms with Crippen LogP contribution in [-0.4, -0.2) is 70.6 Å². The zero-order valence-corrected chi connectivity index (χ0v) is 30.4. The molecule has 3 aliphatic heterocycles. The third kappa shape index (κ3) is 9.46. The van der Waals surface area contributed by atoms with Crippen LogP contribution in [0.3, 0.4) is 0 Å². The molecule has 1 amide bonds. The van der Waals surface area contributed by atoms with Gasteiger partial charge in [-0.05, 0) is 111 Å². The Labute approximate surface area is 310 Å². The molecule has 52 heavy (non-hydrogen) atoms. The van der Waals surface area contributed by atoms with Crippen molar-refractivity contribution in [3.05, 3.63) is 99.3 Å². The second-order valence-electron chi connectivity index (χ2n) is 14.3. The summed E-state index contributed by atoms with van der Waals surface area (Å²) in [4.78, 5) is 31.2. The highest BCUT2D eigenvalue weighted by atomic mass is 35.5. The van der Waals surface area contributed by atoms with E-state index in [2.05, 4.69) is 15.2 Å². The Hall–Kier alpha value is -4.09. The number of piperidine rings is 3. The number of aromatic hydroxyl groups is 1. The minimum Gasteiger partial charge on any atom is -0.506 e. The molecule has 5 N–H and O–H groups in total. The van der Waals surface area contributed by atoms with Crippen LogP contribution in [0.1, 0.15) is 81.1 Å². The van der Waals surface area contributed by atoms with E-state index in [1.54, 1.807) is 30.3 Å². The number of nitrogens with zero attached hydrogens (tertiary/aromatic N) is 2. The number of phenolic OH excluding ortho intramolecular Hbond substituents is 1. The topological polar surface area (TPSA) is 138 Å². The molecule has 3 fully saturated rings. The van der Waals surface area contributed by atoms with Crippen molar-refractivity contribution in [3.8, 4) is 11.5 Å². The summed E-state index contributed by atoms with van der Waals surface area (Å²) in [5, 5.41) is 35.8. The lowest BCUT2D eigenvalue weighted by atomic mass is 9.73.